The molecule has 0 saturated heterocycles. The van der Waals surface area contributed by atoms with Gasteiger partial charge in [0.1, 0.15) is 78.3 Å². The van der Waals surface area contributed by atoms with Crippen molar-refractivity contribution in [3.63, 3.8) is 0 Å². The Bertz CT molecular complexity index is 3280. The number of aromatic hydroxyl groups is 1. The van der Waals surface area contributed by atoms with Crippen molar-refractivity contribution in [1.29, 1.82) is 0 Å². The summed E-state index contributed by atoms with van der Waals surface area (Å²) < 4.78 is 0. The number of nitrogens with zero attached hydrogens (tertiary/aromatic N) is 1. The van der Waals surface area contributed by atoms with Gasteiger partial charge in [-0.3, -0.25) is 76.9 Å². The molecule has 110 heavy (non-hydrogen) atoms. The van der Waals surface area contributed by atoms with E-state index in [0.29, 0.717) is 6.42 Å². The number of hydrogen-bond acceptors (Lipinski definition) is 21. The Kier molecular flexibility index (Phi) is 44.8. The van der Waals surface area contributed by atoms with Crippen molar-refractivity contribution in [3.05, 3.63) is 29.8 Å². The number of amides is 13. The predicted molar refractivity (Wildman–Crippen MR) is 401 cm³/mol. The minimum Gasteiger partial charge on any atom is -0.508 e. The number of aliphatic hydroxyl groups is 1. The highest BCUT2D eigenvalue weighted by Crippen LogP contribution is 2.17. The molecule has 13 amide bonds. The number of carbonyl (C=O) groups excluding carboxylic acids is 13. The van der Waals surface area contributed by atoms with Crippen molar-refractivity contribution in [1.82, 2.24) is 63.8 Å². The van der Waals surface area contributed by atoms with E-state index in [9.17, 15) is 102 Å². The molecule has 39 nitrogen and oxygen atoms in total. The number of carboxylic acid groups (broad SMARTS) is 3. The molecule has 27 N–H and O–H groups in total. The number of nitrogens with two attached hydrogens (primary N) is 5. The molecule has 1 rings (SSSR count). The smallest absolute Gasteiger partial charge is 0.326 e. The lowest BCUT2D eigenvalue weighted by Crippen LogP contribution is -2.61. The number of carbonyl (C=O) groups is 16. The van der Waals surface area contributed by atoms with Gasteiger partial charge in [0.15, 0.2) is 5.96 Å². The maximum Gasteiger partial charge on any atom is 0.326 e. The van der Waals surface area contributed by atoms with Gasteiger partial charge in [-0.15, -0.1) is 0 Å². The van der Waals surface area contributed by atoms with E-state index in [-0.39, 0.29) is 118 Å². The molecule has 0 saturated carbocycles. The number of guanidine groups is 1. The van der Waals surface area contributed by atoms with Crippen LogP contribution in [0.2, 0.25) is 0 Å². The second-order valence-corrected chi connectivity index (χ2v) is 29.0. The van der Waals surface area contributed by atoms with Crippen molar-refractivity contribution >= 4 is 101 Å². The van der Waals surface area contributed by atoms with Crippen molar-refractivity contribution in [2.75, 3.05) is 19.7 Å². The van der Waals surface area contributed by atoms with E-state index in [0.717, 1.165) is 0 Å². The van der Waals surface area contributed by atoms with Crippen molar-refractivity contribution in [3.8, 4) is 5.75 Å². The van der Waals surface area contributed by atoms with Crippen LogP contribution in [-0.4, -0.2) is 224 Å². The highest BCUT2D eigenvalue weighted by Gasteiger charge is 2.38. The lowest BCUT2D eigenvalue weighted by atomic mass is 9.97. The molecule has 0 radical (unpaired) electrons. The van der Waals surface area contributed by atoms with Gasteiger partial charge in [-0.2, -0.15) is 0 Å². The third-order valence-electron chi connectivity index (χ3n) is 17.2. The van der Waals surface area contributed by atoms with Gasteiger partial charge in [0, 0.05) is 25.8 Å². The van der Waals surface area contributed by atoms with Gasteiger partial charge in [0.05, 0.1) is 19.1 Å². The number of aliphatic imine (C=N–C) groups is 1. The van der Waals surface area contributed by atoms with E-state index in [1.54, 1.807) is 48.5 Å². The minimum absolute atomic E-state index is 0.0292. The number of carboxylic acids is 3. The summed E-state index contributed by atoms with van der Waals surface area (Å²) in [6.45, 7) is 17.8. The summed E-state index contributed by atoms with van der Waals surface area (Å²) >= 11 is 0. The minimum atomic E-state index is -2.03. The van der Waals surface area contributed by atoms with Crippen LogP contribution in [0.4, 0.5) is 0 Å². The largest absolute Gasteiger partial charge is 0.508 e. The number of phenols is 1. The summed E-state index contributed by atoms with van der Waals surface area (Å²) in [5, 5.41) is 79.7. The van der Waals surface area contributed by atoms with E-state index in [1.165, 1.54) is 31.2 Å². The number of nitrogens with one attached hydrogen (secondary N) is 12. The number of rotatable bonds is 54. The number of hydrogen-bond donors (Lipinski definition) is 22. The van der Waals surface area contributed by atoms with Gasteiger partial charge in [0.25, 0.3) is 0 Å². The monoisotopic (exact) mass is 1560 g/mol. The van der Waals surface area contributed by atoms with E-state index in [4.69, 9.17) is 28.7 Å². The fourth-order valence-electron chi connectivity index (χ4n) is 11.0. The molecule has 0 aromatic heterocycles. The highest BCUT2D eigenvalue weighted by molar-refractivity contribution is 6.00. The molecule has 0 spiro atoms. The first-order valence-electron chi connectivity index (χ1n) is 36.9. The van der Waals surface area contributed by atoms with Crippen LogP contribution >= 0.6 is 0 Å². The summed E-state index contributed by atoms with van der Waals surface area (Å²) in [4.78, 5) is 221. The first-order chi connectivity index (χ1) is 51.4. The molecule has 39 heteroatoms. The molecule has 620 valence electrons. The van der Waals surface area contributed by atoms with Gasteiger partial charge < -0.3 is 118 Å². The lowest BCUT2D eigenvalue weighted by Gasteiger charge is -2.28. The number of unbranched alkanes of at least 4 members (excludes halogenated alkanes) is 1. The summed E-state index contributed by atoms with van der Waals surface area (Å²) in [7, 11) is 0. The van der Waals surface area contributed by atoms with Crippen molar-refractivity contribution in [2.45, 2.75) is 257 Å². The van der Waals surface area contributed by atoms with Gasteiger partial charge in [0.2, 0.25) is 76.8 Å². The molecule has 0 bridgehead atoms. The Morgan fingerprint density at radius 1 is 0.409 bits per heavy atom. The molecule has 14 atom stereocenters. The fraction of sp³-hybridized carbons (Fsp3) is 0.676. The molecule has 0 aliphatic heterocycles. The Labute approximate surface area is 640 Å². The second kappa shape index (κ2) is 50.4. The Balaban J connectivity index is 3.68. The van der Waals surface area contributed by atoms with Crippen LogP contribution in [0, 0.1) is 29.6 Å². The molecule has 0 heterocycles. The lowest BCUT2D eigenvalue weighted by molar-refractivity contribution is -0.142. The van der Waals surface area contributed by atoms with Gasteiger partial charge >= 0.3 is 17.9 Å². The molecular weight excluding hydrogens is 1440 g/mol. The number of aliphatic hydroxyl groups excluding tert-OH is 1. The van der Waals surface area contributed by atoms with Crippen LogP contribution in [0.25, 0.3) is 0 Å². The Morgan fingerprint density at radius 3 is 1.17 bits per heavy atom. The van der Waals surface area contributed by atoms with E-state index in [2.05, 4.69) is 68.8 Å². The summed E-state index contributed by atoms with van der Waals surface area (Å²) in [5.41, 5.74) is 28.3. The molecule has 1 aromatic rings. The Morgan fingerprint density at radius 2 is 0.764 bits per heavy atom. The molecule has 1 aromatic carbocycles. The maximum atomic E-state index is 14.5. The van der Waals surface area contributed by atoms with Crippen LogP contribution < -0.4 is 92.5 Å². The molecular formula is C71H120N18O21. The summed E-state index contributed by atoms with van der Waals surface area (Å²) in [6.07, 6.45) is -3.32. The van der Waals surface area contributed by atoms with Gasteiger partial charge in [-0.05, 0) is 131 Å². The molecule has 0 aliphatic rings. The average molecular weight is 1560 g/mol. The molecule has 0 fully saturated rings. The third-order valence-corrected chi connectivity index (χ3v) is 17.2. The van der Waals surface area contributed by atoms with Gasteiger partial charge in [-0.1, -0.05) is 87.8 Å². The topological polar surface area (TPSA) is 661 Å². The average Bonchev–Trinajstić information content (AvgIpc) is 0.852. The van der Waals surface area contributed by atoms with Crippen molar-refractivity contribution < 1.29 is 102 Å². The quantitative estimate of drug-likeness (QED) is 0.0169. The summed E-state index contributed by atoms with van der Waals surface area (Å²) in [5.74, 6) is -19.3. The van der Waals surface area contributed by atoms with Gasteiger partial charge in [-0.25, -0.2) is 4.79 Å². The first kappa shape index (κ1) is 97.7. The summed E-state index contributed by atoms with van der Waals surface area (Å²) in [6, 6.07) is -15.0. The van der Waals surface area contributed by atoms with Crippen LogP contribution in [0.3, 0.4) is 0 Å². The number of primary amides is 1. The van der Waals surface area contributed by atoms with Crippen LogP contribution in [0.5, 0.6) is 5.75 Å². The zero-order valence-electron chi connectivity index (χ0n) is 64.7. The predicted octanol–water partition coefficient (Wildman–Crippen LogP) is -3.81. The highest BCUT2D eigenvalue weighted by atomic mass is 16.4. The Hall–Kier alpha value is -10.3. The fourth-order valence-corrected chi connectivity index (χ4v) is 11.0. The zero-order valence-corrected chi connectivity index (χ0v) is 64.7. The number of aliphatic carboxylic acids is 3. The second-order valence-electron chi connectivity index (χ2n) is 29.0. The first-order valence-corrected chi connectivity index (χ1v) is 36.9. The zero-order chi connectivity index (χ0) is 83.8. The standard InChI is InChI=1S/C71H120N18O21/c1-12-39(10)57(74)69(108)88-50(31-38(8)9)65(104)85-47(28-35(2)3)62(101)78-40(11)58(97)83-48(29-36(4)5)64(103)87-52(33-56(95)96)67(106)86-51(32-41-18-20-42(91)21-19-41)66(105)89-53(34-90)68(107)81-44(22-24-54(73)92)60(99)79-43(16-13-14-26-72)59(98)80-45(23-25-55(93)94)61(100)84-49(30-37(6)7)63(102)82-46(70(109)110)17-15-27-77-71(75)76/h18-21,35-40,43-53,57,90-91H,12-17,22-34,72,74H2,1-11H3,(H2,73,92)(H,78,101)(H,79,99)(H,80,98)(H,81,107)(H,82,102)(H,83,97)(H,84,100)(H,85,104)(H,86,106)(H,87,103)(H,88,108)(H,89,105)(H,93,94)(H,95,96)(H,109,110)(H4,75,76,77)/t39-,40-,43-,44-,45-,46-,47-,48-,49-,50-,51-,52-,53-,57-/m0/s1. The SMILES string of the molecule is CC[C@H](C)[C@H](N)C(=O)N[C@@H](CC(C)C)C(=O)N[C@@H](CC(C)C)C(=O)N[C@@H](C)C(=O)N[C@@H](CC(C)C)C(=O)N[C@@H](CC(=O)O)C(=O)N[C@@H](Cc1ccc(O)cc1)C(=O)N[C@@H](CO)C(=O)N[C@@H](CCC(N)=O)C(=O)N[C@@H](CCCCN)C(=O)N[C@@H](CCC(=O)O)C(=O)N[C@@H](CC(C)C)C(=O)N[C@@H](CCCN=C(N)N)C(=O)O. The molecule has 0 aliphatic carbocycles. The van der Waals surface area contributed by atoms with E-state index >= 15 is 0 Å². The number of phenolic OH excluding ortho intramolecular Hbond substituents is 1. The number of benzene rings is 1. The van der Waals surface area contributed by atoms with E-state index < -0.39 is 218 Å². The van der Waals surface area contributed by atoms with Crippen LogP contribution in [-0.2, 0) is 83.1 Å². The van der Waals surface area contributed by atoms with Crippen LogP contribution in [0.1, 0.15) is 178 Å². The van der Waals surface area contributed by atoms with Crippen LogP contribution in [0.15, 0.2) is 29.3 Å². The van der Waals surface area contributed by atoms with Crippen molar-refractivity contribution in [2.24, 2.45) is 63.3 Å². The third kappa shape index (κ3) is 38.7. The van der Waals surface area contributed by atoms with E-state index in [1.807, 2.05) is 20.8 Å². The maximum absolute atomic E-state index is 14.5. The molecule has 0 unspecified atom stereocenters. The normalized spacial score (nSPS) is 15.1.